The van der Waals surface area contributed by atoms with Gasteiger partial charge in [0.2, 0.25) is 0 Å². The van der Waals surface area contributed by atoms with Crippen LogP contribution in [-0.2, 0) is 16.2 Å². The van der Waals surface area contributed by atoms with E-state index in [1.54, 1.807) is 21.6 Å². The van der Waals surface area contributed by atoms with E-state index in [2.05, 4.69) is 65.4 Å². The van der Waals surface area contributed by atoms with Crippen LogP contribution in [0, 0.1) is 0 Å². The molecule has 1 spiro atoms. The van der Waals surface area contributed by atoms with Crippen LogP contribution < -0.4 is 0 Å². The fraction of sp³-hybridized carbons (Fsp3) is 0.700. The molecule has 0 unspecified atom stereocenters. The van der Waals surface area contributed by atoms with Crippen LogP contribution in [0.5, 0.6) is 0 Å². The van der Waals surface area contributed by atoms with Crippen molar-refractivity contribution in [3.05, 3.63) is 28.8 Å². The van der Waals surface area contributed by atoms with E-state index in [1.807, 2.05) is 0 Å². The number of rotatable bonds is 0. The minimum atomic E-state index is 0.248. The van der Waals surface area contributed by atoms with Crippen molar-refractivity contribution in [3.8, 4) is 0 Å². The average molecular weight is 303 g/mol. The number of hydrogen-bond acceptors (Lipinski definition) is 1. The van der Waals surface area contributed by atoms with Crippen molar-refractivity contribution in [1.29, 1.82) is 0 Å². The molecule has 0 amide bonds. The number of fused-ring (bicyclic) bond motifs is 2. The predicted octanol–water partition coefficient (Wildman–Crippen LogP) is 6.20. The molecule has 116 valence electrons. The summed E-state index contributed by atoms with van der Waals surface area (Å²) in [5.41, 5.74) is 5.91. The molecule has 1 heteroatoms. The Bertz CT molecular complexity index is 548. The SMILES string of the molecule is CC(C)(C)c1ccc(C(C)(C)C)c2c1SCC21CCCC1. The van der Waals surface area contributed by atoms with E-state index >= 15 is 0 Å². The largest absolute Gasteiger partial charge is 0.125 e. The van der Waals surface area contributed by atoms with Gasteiger partial charge in [0, 0.05) is 16.1 Å². The summed E-state index contributed by atoms with van der Waals surface area (Å²) in [5, 5.41) is 0. The van der Waals surface area contributed by atoms with Gasteiger partial charge in [-0.05, 0) is 40.4 Å². The van der Waals surface area contributed by atoms with Crippen molar-refractivity contribution >= 4 is 11.8 Å². The molecule has 21 heavy (non-hydrogen) atoms. The Balaban J connectivity index is 2.26. The van der Waals surface area contributed by atoms with Crippen molar-refractivity contribution in [2.24, 2.45) is 0 Å². The topological polar surface area (TPSA) is 0 Å². The first-order chi connectivity index (χ1) is 9.65. The summed E-state index contributed by atoms with van der Waals surface area (Å²) in [7, 11) is 0. The van der Waals surface area contributed by atoms with Gasteiger partial charge in [0.25, 0.3) is 0 Å². The van der Waals surface area contributed by atoms with Crippen molar-refractivity contribution in [2.45, 2.75) is 88.4 Å². The summed E-state index contributed by atoms with van der Waals surface area (Å²) in [6.07, 6.45) is 5.65. The maximum atomic E-state index is 2.45. The van der Waals surface area contributed by atoms with Gasteiger partial charge in [-0.3, -0.25) is 0 Å². The summed E-state index contributed by atoms with van der Waals surface area (Å²) in [4.78, 5) is 1.64. The molecule has 1 heterocycles. The van der Waals surface area contributed by atoms with Crippen LogP contribution in [0.2, 0.25) is 0 Å². The number of thioether (sulfide) groups is 1. The smallest absolute Gasteiger partial charge is 0.0151 e. The average Bonchev–Trinajstić information content (AvgIpc) is 2.96. The van der Waals surface area contributed by atoms with Gasteiger partial charge in [-0.1, -0.05) is 66.5 Å². The fourth-order valence-corrected chi connectivity index (χ4v) is 6.06. The minimum Gasteiger partial charge on any atom is -0.125 e. The standard InChI is InChI=1S/C20H30S/c1-18(2,3)14-9-10-15(19(4,5)6)17-16(14)20(13-21-17)11-7-8-12-20/h9-10H,7-8,11-13H2,1-6H3. The normalized spacial score (nSPS) is 21.0. The maximum absolute atomic E-state index is 2.45. The van der Waals surface area contributed by atoms with Crippen LogP contribution in [-0.4, -0.2) is 5.75 Å². The molecule has 2 aliphatic rings. The molecule has 1 saturated carbocycles. The Kier molecular flexibility index (Phi) is 3.52. The molecular formula is C20H30S. The summed E-state index contributed by atoms with van der Waals surface area (Å²) in [5.74, 6) is 1.32. The van der Waals surface area contributed by atoms with Gasteiger partial charge >= 0.3 is 0 Å². The van der Waals surface area contributed by atoms with E-state index in [1.165, 1.54) is 31.4 Å². The highest BCUT2D eigenvalue weighted by Gasteiger charge is 2.46. The van der Waals surface area contributed by atoms with Gasteiger partial charge in [0.15, 0.2) is 0 Å². The molecule has 0 saturated heterocycles. The predicted molar refractivity (Wildman–Crippen MR) is 94.7 cm³/mol. The van der Waals surface area contributed by atoms with E-state index in [9.17, 15) is 0 Å². The molecule has 0 aromatic heterocycles. The zero-order valence-corrected chi connectivity index (χ0v) is 15.4. The first-order valence-corrected chi connectivity index (χ1v) is 9.45. The lowest BCUT2D eigenvalue weighted by Crippen LogP contribution is -2.27. The molecule has 3 rings (SSSR count). The van der Waals surface area contributed by atoms with Crippen LogP contribution in [0.1, 0.15) is 83.9 Å². The lowest BCUT2D eigenvalue weighted by atomic mass is 9.70. The Labute approximate surface area is 135 Å². The second-order valence-corrected chi connectivity index (χ2v) is 10.1. The van der Waals surface area contributed by atoms with Crippen LogP contribution in [0.15, 0.2) is 17.0 Å². The zero-order chi connectivity index (χ0) is 15.5. The Morgan fingerprint density at radius 2 is 1.38 bits per heavy atom. The van der Waals surface area contributed by atoms with Crippen molar-refractivity contribution in [3.63, 3.8) is 0 Å². The Morgan fingerprint density at radius 1 is 0.857 bits per heavy atom. The fourth-order valence-electron chi connectivity index (χ4n) is 4.20. The molecule has 0 bridgehead atoms. The van der Waals surface area contributed by atoms with Gasteiger partial charge < -0.3 is 0 Å². The molecule has 0 N–H and O–H groups in total. The van der Waals surface area contributed by atoms with Crippen LogP contribution >= 0.6 is 11.8 Å². The van der Waals surface area contributed by atoms with Crippen LogP contribution in [0.25, 0.3) is 0 Å². The number of hydrogen-bond donors (Lipinski definition) is 0. The van der Waals surface area contributed by atoms with Crippen molar-refractivity contribution in [2.75, 3.05) is 5.75 Å². The third-order valence-electron chi connectivity index (χ3n) is 5.36. The highest BCUT2D eigenvalue weighted by atomic mass is 32.2. The van der Waals surface area contributed by atoms with Crippen LogP contribution in [0.3, 0.4) is 0 Å². The summed E-state index contributed by atoms with van der Waals surface area (Å²) in [6, 6.07) is 4.87. The lowest BCUT2D eigenvalue weighted by molar-refractivity contribution is 0.471. The summed E-state index contributed by atoms with van der Waals surface area (Å²) >= 11 is 2.15. The second kappa shape index (κ2) is 4.78. The molecule has 1 aromatic carbocycles. The van der Waals surface area contributed by atoms with E-state index in [-0.39, 0.29) is 10.8 Å². The van der Waals surface area contributed by atoms with Gasteiger partial charge in [-0.2, -0.15) is 0 Å². The van der Waals surface area contributed by atoms with Gasteiger partial charge in [0.1, 0.15) is 0 Å². The van der Waals surface area contributed by atoms with E-state index in [4.69, 9.17) is 0 Å². The third-order valence-corrected chi connectivity index (χ3v) is 6.77. The Hall–Kier alpha value is -0.430. The molecule has 0 atom stereocenters. The molecule has 0 radical (unpaired) electrons. The lowest BCUT2D eigenvalue weighted by Gasteiger charge is -2.33. The summed E-state index contributed by atoms with van der Waals surface area (Å²) in [6.45, 7) is 14.2. The molecule has 0 nitrogen and oxygen atoms in total. The zero-order valence-electron chi connectivity index (χ0n) is 14.6. The first-order valence-electron chi connectivity index (χ1n) is 8.46. The van der Waals surface area contributed by atoms with E-state index < -0.39 is 0 Å². The molecule has 1 aliphatic heterocycles. The van der Waals surface area contributed by atoms with Crippen molar-refractivity contribution in [1.82, 2.24) is 0 Å². The highest BCUT2D eigenvalue weighted by molar-refractivity contribution is 7.99. The van der Waals surface area contributed by atoms with E-state index in [0.29, 0.717) is 5.41 Å². The molecule has 1 aromatic rings. The second-order valence-electron chi connectivity index (χ2n) is 9.14. The molecular weight excluding hydrogens is 272 g/mol. The number of benzene rings is 1. The quantitative estimate of drug-likeness (QED) is 0.550. The van der Waals surface area contributed by atoms with Crippen molar-refractivity contribution < 1.29 is 0 Å². The molecule has 1 fully saturated rings. The van der Waals surface area contributed by atoms with Gasteiger partial charge in [-0.25, -0.2) is 0 Å². The monoisotopic (exact) mass is 302 g/mol. The highest BCUT2D eigenvalue weighted by Crippen LogP contribution is 2.57. The maximum Gasteiger partial charge on any atom is 0.0151 e. The van der Waals surface area contributed by atoms with Crippen LogP contribution in [0.4, 0.5) is 0 Å². The molecule has 1 aliphatic carbocycles. The first kappa shape index (κ1) is 15.5. The third kappa shape index (κ3) is 2.46. The van der Waals surface area contributed by atoms with Gasteiger partial charge in [-0.15, -0.1) is 11.8 Å². The minimum absolute atomic E-state index is 0.248. The van der Waals surface area contributed by atoms with Gasteiger partial charge in [0.05, 0.1) is 0 Å². The Morgan fingerprint density at radius 3 is 1.90 bits per heavy atom. The van der Waals surface area contributed by atoms with E-state index in [0.717, 1.165) is 0 Å². The summed E-state index contributed by atoms with van der Waals surface area (Å²) < 4.78 is 0.